The van der Waals surface area contributed by atoms with Crippen molar-refractivity contribution in [1.82, 2.24) is 5.43 Å². The monoisotopic (exact) mass is 342 g/mol. The molecule has 0 aromatic heterocycles. The second-order valence-electron chi connectivity index (χ2n) is 5.43. The number of ether oxygens (including phenoxy) is 1. The van der Waals surface area contributed by atoms with Gasteiger partial charge in [0, 0.05) is 25.5 Å². The molecule has 0 fully saturated rings. The van der Waals surface area contributed by atoms with Crippen LogP contribution in [-0.4, -0.2) is 32.0 Å². The number of benzene rings is 2. The van der Waals surface area contributed by atoms with Crippen LogP contribution in [0.3, 0.4) is 0 Å². The molecule has 126 valence electrons. The van der Waals surface area contributed by atoms with Crippen molar-refractivity contribution >= 4 is 34.4 Å². The van der Waals surface area contributed by atoms with Crippen LogP contribution in [0.2, 0.25) is 0 Å². The van der Waals surface area contributed by atoms with Crippen LogP contribution in [0.15, 0.2) is 53.6 Å². The number of thiocarbonyl (C=S) groups is 1. The first-order chi connectivity index (χ1) is 11.5. The number of hydrazone groups is 1. The van der Waals surface area contributed by atoms with Crippen LogP contribution in [0.5, 0.6) is 5.75 Å². The van der Waals surface area contributed by atoms with Crippen LogP contribution in [0.4, 0.5) is 11.4 Å². The minimum Gasteiger partial charge on any atom is -0.497 e. The average molecular weight is 342 g/mol. The van der Waals surface area contributed by atoms with Crippen molar-refractivity contribution in [3.05, 3.63) is 54.1 Å². The Balaban J connectivity index is 1.94. The molecule has 0 bridgehead atoms. The number of hydrogen-bond donors (Lipinski definition) is 2. The van der Waals surface area contributed by atoms with Gasteiger partial charge in [-0.15, -0.1) is 0 Å². The van der Waals surface area contributed by atoms with Crippen LogP contribution in [-0.2, 0) is 0 Å². The Hall–Kier alpha value is -2.60. The smallest absolute Gasteiger partial charge is 0.191 e. The molecule has 0 radical (unpaired) electrons. The van der Waals surface area contributed by atoms with Crippen molar-refractivity contribution in [2.45, 2.75) is 6.92 Å². The quantitative estimate of drug-likeness (QED) is 0.495. The van der Waals surface area contributed by atoms with E-state index in [2.05, 4.69) is 32.9 Å². The predicted molar refractivity (Wildman–Crippen MR) is 105 cm³/mol. The van der Waals surface area contributed by atoms with E-state index in [1.807, 2.05) is 57.4 Å². The van der Waals surface area contributed by atoms with Crippen molar-refractivity contribution in [3.8, 4) is 5.75 Å². The Kier molecular flexibility index (Phi) is 6.14. The zero-order valence-corrected chi connectivity index (χ0v) is 15.1. The summed E-state index contributed by atoms with van der Waals surface area (Å²) in [6.45, 7) is 1.94. The van der Waals surface area contributed by atoms with Crippen LogP contribution in [0.1, 0.15) is 12.5 Å². The highest BCUT2D eigenvalue weighted by Crippen LogP contribution is 2.15. The third-order valence-electron chi connectivity index (χ3n) is 3.47. The Labute approximate surface area is 148 Å². The lowest BCUT2D eigenvalue weighted by Gasteiger charge is -2.13. The summed E-state index contributed by atoms with van der Waals surface area (Å²) in [6, 6.07) is 15.7. The number of hydrogen-bond acceptors (Lipinski definition) is 4. The molecular weight excluding hydrogens is 320 g/mol. The zero-order chi connectivity index (χ0) is 17.5. The first-order valence-electron chi connectivity index (χ1n) is 7.52. The molecule has 2 aromatic carbocycles. The summed E-state index contributed by atoms with van der Waals surface area (Å²) < 4.78 is 5.12. The maximum atomic E-state index is 5.25. The topological polar surface area (TPSA) is 48.9 Å². The second-order valence-corrected chi connectivity index (χ2v) is 5.84. The fourth-order valence-corrected chi connectivity index (χ4v) is 2.20. The predicted octanol–water partition coefficient (Wildman–Crippen LogP) is 3.47. The highest BCUT2D eigenvalue weighted by molar-refractivity contribution is 7.80. The number of anilines is 2. The van der Waals surface area contributed by atoms with Crippen molar-refractivity contribution in [2.75, 3.05) is 31.4 Å². The van der Waals surface area contributed by atoms with Crippen LogP contribution >= 0.6 is 12.2 Å². The van der Waals surface area contributed by atoms with E-state index in [4.69, 9.17) is 17.0 Å². The molecule has 0 spiro atoms. The fourth-order valence-electron chi connectivity index (χ4n) is 2.03. The third-order valence-corrected chi connectivity index (χ3v) is 3.67. The molecule has 0 aliphatic heterocycles. The molecule has 2 aromatic rings. The van der Waals surface area contributed by atoms with Gasteiger partial charge in [-0.2, -0.15) is 5.10 Å². The van der Waals surface area contributed by atoms with Gasteiger partial charge in [0.25, 0.3) is 0 Å². The molecule has 0 heterocycles. The highest BCUT2D eigenvalue weighted by atomic mass is 32.1. The number of rotatable bonds is 5. The van der Waals surface area contributed by atoms with E-state index in [0.29, 0.717) is 5.11 Å². The summed E-state index contributed by atoms with van der Waals surface area (Å²) in [5.41, 5.74) is 6.79. The van der Waals surface area contributed by atoms with Gasteiger partial charge in [0.1, 0.15) is 5.75 Å². The van der Waals surface area contributed by atoms with Crippen molar-refractivity contribution in [2.24, 2.45) is 5.10 Å². The summed E-state index contributed by atoms with van der Waals surface area (Å²) in [6.07, 6.45) is 0. The van der Waals surface area contributed by atoms with Gasteiger partial charge in [-0.1, -0.05) is 12.1 Å². The van der Waals surface area contributed by atoms with Crippen LogP contribution < -0.4 is 20.4 Å². The van der Waals surface area contributed by atoms with E-state index in [-0.39, 0.29) is 0 Å². The van der Waals surface area contributed by atoms with Gasteiger partial charge in [-0.25, -0.2) is 0 Å². The van der Waals surface area contributed by atoms with Gasteiger partial charge in [0.05, 0.1) is 12.8 Å². The maximum Gasteiger partial charge on any atom is 0.191 e. The molecule has 0 saturated heterocycles. The molecule has 0 saturated carbocycles. The van der Waals surface area contributed by atoms with E-state index in [0.717, 1.165) is 28.4 Å². The molecule has 5 nitrogen and oxygen atoms in total. The molecule has 2 N–H and O–H groups in total. The lowest BCUT2D eigenvalue weighted by Crippen LogP contribution is -2.24. The molecule has 0 atom stereocenters. The van der Waals surface area contributed by atoms with Gasteiger partial charge >= 0.3 is 0 Å². The molecule has 2 rings (SSSR count). The standard InChI is InChI=1S/C18H22N4OS/c1-13(14-5-9-16(10-6-14)22(2)3)20-21-18(24)19-15-7-11-17(23-4)12-8-15/h5-12H,1-4H3,(H2,19,21,24)/b20-13-. The van der Waals surface area contributed by atoms with Crippen LogP contribution in [0.25, 0.3) is 0 Å². The minimum atomic E-state index is 0.435. The maximum absolute atomic E-state index is 5.25. The Morgan fingerprint density at radius 2 is 1.67 bits per heavy atom. The second kappa shape index (κ2) is 8.31. The summed E-state index contributed by atoms with van der Waals surface area (Å²) in [5.74, 6) is 0.800. The summed E-state index contributed by atoms with van der Waals surface area (Å²) in [5, 5.41) is 7.83. The first-order valence-corrected chi connectivity index (χ1v) is 7.93. The molecular formula is C18H22N4OS. The molecule has 0 aliphatic rings. The van der Waals surface area contributed by atoms with Gasteiger partial charge in [-0.05, 0) is 61.1 Å². The summed E-state index contributed by atoms with van der Waals surface area (Å²) in [7, 11) is 5.67. The van der Waals surface area contributed by atoms with E-state index >= 15 is 0 Å². The average Bonchev–Trinajstić information content (AvgIpc) is 2.60. The summed E-state index contributed by atoms with van der Waals surface area (Å²) >= 11 is 5.25. The molecule has 24 heavy (non-hydrogen) atoms. The van der Waals surface area contributed by atoms with Gasteiger partial charge < -0.3 is 15.0 Å². The summed E-state index contributed by atoms with van der Waals surface area (Å²) in [4.78, 5) is 2.06. The van der Waals surface area contributed by atoms with E-state index < -0.39 is 0 Å². The number of methoxy groups -OCH3 is 1. The lowest BCUT2D eigenvalue weighted by molar-refractivity contribution is 0.415. The Morgan fingerprint density at radius 1 is 1.04 bits per heavy atom. The van der Waals surface area contributed by atoms with Gasteiger partial charge in [-0.3, -0.25) is 5.43 Å². The van der Waals surface area contributed by atoms with Crippen molar-refractivity contribution in [1.29, 1.82) is 0 Å². The Bertz CT molecular complexity index is 709. The third kappa shape index (κ3) is 4.96. The van der Waals surface area contributed by atoms with Crippen molar-refractivity contribution < 1.29 is 4.74 Å². The molecule has 6 heteroatoms. The fraction of sp³-hybridized carbons (Fsp3) is 0.222. The van der Waals surface area contributed by atoms with Crippen LogP contribution in [0, 0.1) is 0 Å². The SMILES string of the molecule is COc1ccc(NC(=S)N/N=C(/C)c2ccc(N(C)C)cc2)cc1. The van der Waals surface area contributed by atoms with E-state index in [1.165, 1.54) is 0 Å². The highest BCUT2D eigenvalue weighted by Gasteiger charge is 2.01. The minimum absolute atomic E-state index is 0.435. The molecule has 0 aliphatic carbocycles. The van der Waals surface area contributed by atoms with E-state index in [1.54, 1.807) is 7.11 Å². The Morgan fingerprint density at radius 3 is 2.21 bits per heavy atom. The van der Waals surface area contributed by atoms with E-state index in [9.17, 15) is 0 Å². The van der Waals surface area contributed by atoms with Crippen molar-refractivity contribution in [3.63, 3.8) is 0 Å². The lowest BCUT2D eigenvalue weighted by atomic mass is 10.1. The number of nitrogens with zero attached hydrogens (tertiary/aromatic N) is 2. The zero-order valence-electron chi connectivity index (χ0n) is 14.3. The molecule has 0 amide bonds. The normalized spacial score (nSPS) is 10.9. The van der Waals surface area contributed by atoms with Gasteiger partial charge in [0.15, 0.2) is 5.11 Å². The molecule has 0 unspecified atom stereocenters. The van der Waals surface area contributed by atoms with Gasteiger partial charge in [0.2, 0.25) is 0 Å². The largest absolute Gasteiger partial charge is 0.497 e. The first kappa shape index (κ1) is 17.7. The number of nitrogens with one attached hydrogen (secondary N) is 2.